The first-order valence-electron chi connectivity index (χ1n) is 12.2. The van der Waals surface area contributed by atoms with Crippen LogP contribution < -0.4 is 0 Å². The minimum absolute atomic E-state index is 0.0151. The summed E-state index contributed by atoms with van der Waals surface area (Å²) in [6.45, 7) is 2.65. The summed E-state index contributed by atoms with van der Waals surface area (Å²) in [7, 11) is 1.61. The number of nitrogens with zero attached hydrogens (tertiary/aromatic N) is 1. The molecule has 2 aromatic carbocycles. The average molecular weight is 458 g/mol. The molecular formula is C29H31NO4. The van der Waals surface area contributed by atoms with Gasteiger partial charge in [-0.25, -0.2) is 0 Å². The van der Waals surface area contributed by atoms with Crippen LogP contribution in [-0.2, 0) is 14.3 Å². The fourth-order valence-corrected chi connectivity index (χ4v) is 5.98. The zero-order valence-corrected chi connectivity index (χ0v) is 19.7. The summed E-state index contributed by atoms with van der Waals surface area (Å²) >= 11 is 0. The lowest BCUT2D eigenvalue weighted by Gasteiger charge is -2.31. The molecule has 34 heavy (non-hydrogen) atoms. The molecule has 0 radical (unpaired) electrons. The molecule has 0 aromatic heterocycles. The van der Waals surface area contributed by atoms with Crippen LogP contribution in [0.2, 0.25) is 0 Å². The molecule has 5 rings (SSSR count). The second-order valence-corrected chi connectivity index (χ2v) is 9.58. The van der Waals surface area contributed by atoms with Crippen molar-refractivity contribution < 1.29 is 19.4 Å². The number of phenolic OH excluding ortho intramolecular Hbond substituents is 1. The number of rotatable bonds is 6. The maximum atomic E-state index is 12.9. The molecule has 176 valence electrons. The lowest BCUT2D eigenvalue weighted by Crippen LogP contribution is -2.33. The monoisotopic (exact) mass is 457 g/mol. The van der Waals surface area contributed by atoms with Gasteiger partial charge in [0.15, 0.2) is 0 Å². The molecule has 0 spiro atoms. The van der Waals surface area contributed by atoms with E-state index in [0.29, 0.717) is 13.0 Å². The normalized spacial score (nSPS) is 26.8. The molecule has 0 unspecified atom stereocenters. The summed E-state index contributed by atoms with van der Waals surface area (Å²) in [5.41, 5.74) is 5.98. The van der Waals surface area contributed by atoms with E-state index in [1.165, 1.54) is 21.6 Å². The number of hydrogen-bond donors (Lipinski definition) is 1. The SMILES string of the molecule is CCC1=C2[C@@H](CC/C(=C/c3ccc(O)cc3)c3ccccc3)OC[C@@H]2[C@@H]2C(=O)N(C)C(=O)[C@@H]2C1. The van der Waals surface area contributed by atoms with E-state index in [4.69, 9.17) is 4.74 Å². The number of fused-ring (bicyclic) bond motifs is 3. The van der Waals surface area contributed by atoms with Gasteiger partial charge in [-0.2, -0.15) is 0 Å². The lowest BCUT2D eigenvalue weighted by atomic mass is 9.69. The fourth-order valence-electron chi connectivity index (χ4n) is 5.98. The number of carbonyl (C=O) groups excluding carboxylic acids is 2. The predicted molar refractivity (Wildman–Crippen MR) is 132 cm³/mol. The summed E-state index contributed by atoms with van der Waals surface area (Å²) < 4.78 is 6.31. The molecule has 5 nitrogen and oxygen atoms in total. The number of likely N-dealkylation sites (tertiary alicyclic amines) is 1. The van der Waals surface area contributed by atoms with Crippen LogP contribution in [0.1, 0.15) is 43.7 Å². The van der Waals surface area contributed by atoms with E-state index in [1.807, 2.05) is 30.3 Å². The van der Waals surface area contributed by atoms with Gasteiger partial charge in [0.25, 0.3) is 0 Å². The van der Waals surface area contributed by atoms with Crippen LogP contribution >= 0.6 is 0 Å². The van der Waals surface area contributed by atoms with E-state index < -0.39 is 0 Å². The van der Waals surface area contributed by atoms with Crippen molar-refractivity contribution in [1.82, 2.24) is 4.90 Å². The summed E-state index contributed by atoms with van der Waals surface area (Å²) in [5.74, 6) is -0.308. The van der Waals surface area contributed by atoms with Gasteiger partial charge in [0.1, 0.15) is 5.75 Å². The van der Waals surface area contributed by atoms with Crippen molar-refractivity contribution in [1.29, 1.82) is 0 Å². The minimum Gasteiger partial charge on any atom is -0.508 e. The number of ether oxygens (including phenoxy) is 1. The molecule has 5 heteroatoms. The molecule has 2 heterocycles. The highest BCUT2D eigenvalue weighted by Gasteiger charge is 2.55. The first kappa shape index (κ1) is 22.6. The molecule has 4 atom stereocenters. The molecule has 2 aromatic rings. The maximum Gasteiger partial charge on any atom is 0.233 e. The number of carbonyl (C=O) groups is 2. The Morgan fingerprint density at radius 1 is 1.06 bits per heavy atom. The van der Waals surface area contributed by atoms with Crippen molar-refractivity contribution in [3.05, 3.63) is 76.9 Å². The van der Waals surface area contributed by atoms with Crippen LogP contribution in [0.3, 0.4) is 0 Å². The standard InChI is InChI=1S/C29H31NO4/c1-3-19-16-23-27(29(33)30(2)28(23)32)24-17-34-25(26(19)24)14-11-21(20-7-5-4-6-8-20)15-18-9-12-22(31)13-10-18/h4-10,12-13,15,23-25,27,31H,3,11,14,16-17H2,1-2H3/b21-15-/t23-,24+,25-,27-/m1/s1. The Kier molecular flexibility index (Phi) is 6.13. The van der Waals surface area contributed by atoms with Crippen LogP contribution in [0.15, 0.2) is 65.7 Å². The second-order valence-electron chi connectivity index (χ2n) is 9.58. The molecule has 2 aliphatic heterocycles. The van der Waals surface area contributed by atoms with Gasteiger partial charge in [-0.1, -0.05) is 61.0 Å². The molecular weight excluding hydrogens is 426 g/mol. The molecule has 1 aliphatic carbocycles. The number of phenols is 1. The Labute approximate surface area is 200 Å². The Balaban J connectivity index is 1.41. The third-order valence-electron chi connectivity index (χ3n) is 7.71. The zero-order valence-electron chi connectivity index (χ0n) is 19.7. The van der Waals surface area contributed by atoms with Gasteiger partial charge in [-0.3, -0.25) is 14.5 Å². The molecule has 2 saturated heterocycles. The van der Waals surface area contributed by atoms with Crippen molar-refractivity contribution >= 4 is 23.5 Å². The van der Waals surface area contributed by atoms with Gasteiger partial charge >= 0.3 is 0 Å². The molecule has 1 N–H and O–H groups in total. The van der Waals surface area contributed by atoms with Gasteiger partial charge in [0, 0.05) is 13.0 Å². The van der Waals surface area contributed by atoms with E-state index in [9.17, 15) is 14.7 Å². The van der Waals surface area contributed by atoms with Crippen LogP contribution in [0.5, 0.6) is 5.75 Å². The van der Waals surface area contributed by atoms with Gasteiger partial charge in [-0.15, -0.1) is 0 Å². The number of allylic oxidation sites excluding steroid dienone is 2. The van der Waals surface area contributed by atoms with E-state index in [-0.39, 0.29) is 41.4 Å². The summed E-state index contributed by atoms with van der Waals surface area (Å²) in [6.07, 6.45) is 5.35. The van der Waals surface area contributed by atoms with E-state index in [0.717, 1.165) is 30.4 Å². The Morgan fingerprint density at radius 2 is 1.79 bits per heavy atom. The largest absolute Gasteiger partial charge is 0.508 e. The summed E-state index contributed by atoms with van der Waals surface area (Å²) in [5, 5.41) is 9.64. The minimum atomic E-state index is -0.270. The highest BCUT2D eigenvalue weighted by molar-refractivity contribution is 6.05. The zero-order chi connectivity index (χ0) is 23.8. The van der Waals surface area contributed by atoms with E-state index >= 15 is 0 Å². The Morgan fingerprint density at radius 3 is 2.50 bits per heavy atom. The van der Waals surface area contributed by atoms with Gasteiger partial charge in [-0.05, 0) is 60.1 Å². The molecule has 3 aliphatic rings. The quantitative estimate of drug-likeness (QED) is 0.374. The number of imide groups is 1. The number of aromatic hydroxyl groups is 1. The predicted octanol–water partition coefficient (Wildman–Crippen LogP) is 5.07. The smallest absolute Gasteiger partial charge is 0.233 e. The maximum absolute atomic E-state index is 12.9. The average Bonchev–Trinajstić information content (AvgIpc) is 3.38. The van der Waals surface area contributed by atoms with Crippen LogP contribution in [0.25, 0.3) is 11.6 Å². The van der Waals surface area contributed by atoms with Gasteiger partial charge < -0.3 is 9.84 Å². The molecule has 0 saturated carbocycles. The third kappa shape index (κ3) is 3.98. The van der Waals surface area contributed by atoms with Crippen LogP contribution in [0, 0.1) is 17.8 Å². The first-order chi connectivity index (χ1) is 16.5. The highest BCUT2D eigenvalue weighted by Crippen LogP contribution is 2.50. The van der Waals surface area contributed by atoms with Crippen molar-refractivity contribution in [3.8, 4) is 5.75 Å². The number of amides is 2. The van der Waals surface area contributed by atoms with Crippen molar-refractivity contribution in [2.75, 3.05) is 13.7 Å². The van der Waals surface area contributed by atoms with Crippen LogP contribution in [-0.4, -0.2) is 41.6 Å². The third-order valence-corrected chi connectivity index (χ3v) is 7.71. The molecule has 0 bridgehead atoms. The Hall–Kier alpha value is -3.18. The lowest BCUT2D eigenvalue weighted by molar-refractivity contribution is -0.138. The van der Waals surface area contributed by atoms with E-state index in [2.05, 4.69) is 25.1 Å². The van der Waals surface area contributed by atoms with Gasteiger partial charge in [0.05, 0.1) is 24.5 Å². The Bertz CT molecular complexity index is 1150. The second kappa shape index (κ2) is 9.22. The highest BCUT2D eigenvalue weighted by atomic mass is 16.5. The molecule has 2 fully saturated rings. The summed E-state index contributed by atoms with van der Waals surface area (Å²) in [6, 6.07) is 17.6. The fraction of sp³-hybridized carbons (Fsp3) is 0.379. The van der Waals surface area contributed by atoms with E-state index in [1.54, 1.807) is 19.2 Å². The summed E-state index contributed by atoms with van der Waals surface area (Å²) in [4.78, 5) is 26.9. The van der Waals surface area contributed by atoms with Crippen molar-refractivity contribution in [2.45, 2.75) is 38.7 Å². The number of benzene rings is 2. The van der Waals surface area contributed by atoms with Gasteiger partial charge in [0.2, 0.25) is 11.8 Å². The van der Waals surface area contributed by atoms with Crippen molar-refractivity contribution in [3.63, 3.8) is 0 Å². The topological polar surface area (TPSA) is 66.8 Å². The molecule has 2 amide bonds. The van der Waals surface area contributed by atoms with Crippen molar-refractivity contribution in [2.24, 2.45) is 17.8 Å². The first-order valence-corrected chi connectivity index (χ1v) is 12.2. The van der Waals surface area contributed by atoms with Crippen LogP contribution in [0.4, 0.5) is 0 Å². The number of hydrogen-bond acceptors (Lipinski definition) is 4.